The Morgan fingerprint density at radius 3 is 2.76 bits per heavy atom. The van der Waals surface area contributed by atoms with Crippen molar-refractivity contribution in [2.75, 3.05) is 19.5 Å². The first-order chi connectivity index (χ1) is 8.33. The molecule has 2 atom stereocenters. The Bertz CT molecular complexity index is 354. The molecule has 1 saturated carbocycles. The Labute approximate surface area is 103 Å². The fraction of sp³-hybridized carbons (Fsp3) is 0.571. The second-order valence-electron chi connectivity index (χ2n) is 4.54. The highest BCUT2D eigenvalue weighted by atomic mass is 16.5. The summed E-state index contributed by atoms with van der Waals surface area (Å²) in [7, 11) is 3.49. The van der Waals surface area contributed by atoms with Gasteiger partial charge in [-0.2, -0.15) is 0 Å². The molecule has 1 aromatic carbocycles. The molecule has 1 aliphatic rings. The van der Waals surface area contributed by atoms with E-state index in [1.54, 1.807) is 14.2 Å². The number of hydrogen-bond acceptors (Lipinski definition) is 3. The third kappa shape index (κ3) is 3.13. The number of anilines is 1. The molecule has 1 aromatic rings. The summed E-state index contributed by atoms with van der Waals surface area (Å²) in [6.45, 7) is 0. The van der Waals surface area contributed by atoms with Crippen LogP contribution in [-0.2, 0) is 4.74 Å². The lowest BCUT2D eigenvalue weighted by molar-refractivity contribution is 0.0606. The number of rotatable bonds is 4. The van der Waals surface area contributed by atoms with Crippen LogP contribution in [0.3, 0.4) is 0 Å². The summed E-state index contributed by atoms with van der Waals surface area (Å²) in [5.41, 5.74) is 1.11. The molecule has 1 aliphatic carbocycles. The van der Waals surface area contributed by atoms with Gasteiger partial charge in [-0.3, -0.25) is 0 Å². The van der Waals surface area contributed by atoms with Crippen LogP contribution in [0.4, 0.5) is 5.69 Å². The summed E-state index contributed by atoms with van der Waals surface area (Å²) in [5.74, 6) is 0.889. The minimum atomic E-state index is 0.329. The van der Waals surface area contributed by atoms with Crippen molar-refractivity contribution < 1.29 is 9.47 Å². The first-order valence-electron chi connectivity index (χ1n) is 6.27. The molecule has 0 amide bonds. The Hall–Kier alpha value is -1.22. The molecular weight excluding hydrogens is 214 g/mol. The van der Waals surface area contributed by atoms with Crippen molar-refractivity contribution in [1.82, 2.24) is 0 Å². The van der Waals surface area contributed by atoms with Crippen molar-refractivity contribution in [2.24, 2.45) is 0 Å². The summed E-state index contributed by atoms with van der Waals surface area (Å²) in [5, 5.41) is 3.55. The van der Waals surface area contributed by atoms with Crippen LogP contribution in [0.2, 0.25) is 0 Å². The Morgan fingerprint density at radius 1 is 1.18 bits per heavy atom. The van der Waals surface area contributed by atoms with Crippen molar-refractivity contribution in [3.8, 4) is 5.75 Å². The maximum Gasteiger partial charge on any atom is 0.120 e. The van der Waals surface area contributed by atoms with Crippen LogP contribution in [0.25, 0.3) is 0 Å². The zero-order chi connectivity index (χ0) is 12.1. The largest absolute Gasteiger partial charge is 0.497 e. The minimum absolute atomic E-state index is 0.329. The Kier molecular flexibility index (Phi) is 4.26. The third-order valence-electron chi connectivity index (χ3n) is 3.43. The minimum Gasteiger partial charge on any atom is -0.497 e. The molecule has 0 aliphatic heterocycles. The second kappa shape index (κ2) is 5.92. The van der Waals surface area contributed by atoms with Crippen LogP contribution in [0.15, 0.2) is 24.3 Å². The molecule has 0 aromatic heterocycles. The Balaban J connectivity index is 2.02. The van der Waals surface area contributed by atoms with E-state index in [2.05, 4.69) is 11.4 Å². The van der Waals surface area contributed by atoms with Gasteiger partial charge in [0.1, 0.15) is 5.75 Å². The quantitative estimate of drug-likeness (QED) is 0.870. The maximum atomic E-state index is 5.54. The smallest absolute Gasteiger partial charge is 0.120 e. The van der Waals surface area contributed by atoms with Crippen LogP contribution < -0.4 is 10.1 Å². The molecule has 0 saturated heterocycles. The molecule has 0 spiro atoms. The van der Waals surface area contributed by atoms with Gasteiger partial charge in [0, 0.05) is 18.9 Å². The molecule has 94 valence electrons. The van der Waals surface area contributed by atoms with Crippen molar-refractivity contribution in [3.05, 3.63) is 24.3 Å². The fourth-order valence-electron chi connectivity index (χ4n) is 2.47. The van der Waals surface area contributed by atoms with Gasteiger partial charge in [-0.15, -0.1) is 0 Å². The van der Waals surface area contributed by atoms with Crippen LogP contribution in [-0.4, -0.2) is 26.4 Å². The van der Waals surface area contributed by atoms with E-state index in [0.717, 1.165) is 17.9 Å². The van der Waals surface area contributed by atoms with Gasteiger partial charge in [-0.1, -0.05) is 18.9 Å². The van der Waals surface area contributed by atoms with Gasteiger partial charge in [-0.25, -0.2) is 0 Å². The van der Waals surface area contributed by atoms with E-state index < -0.39 is 0 Å². The lowest BCUT2D eigenvalue weighted by atomic mass is 9.92. The number of hydrogen-bond donors (Lipinski definition) is 1. The number of methoxy groups -OCH3 is 2. The predicted molar refractivity (Wildman–Crippen MR) is 69.7 cm³/mol. The molecule has 0 bridgehead atoms. The van der Waals surface area contributed by atoms with E-state index >= 15 is 0 Å². The zero-order valence-corrected chi connectivity index (χ0v) is 10.6. The SMILES string of the molecule is COc1cccc(NC2CCCCC2OC)c1. The van der Waals surface area contributed by atoms with Crippen LogP contribution >= 0.6 is 0 Å². The average molecular weight is 235 g/mol. The summed E-state index contributed by atoms with van der Waals surface area (Å²) in [4.78, 5) is 0. The number of ether oxygens (including phenoxy) is 2. The van der Waals surface area contributed by atoms with E-state index in [4.69, 9.17) is 9.47 Å². The maximum absolute atomic E-state index is 5.54. The van der Waals surface area contributed by atoms with Crippen LogP contribution in [0, 0.1) is 0 Å². The van der Waals surface area contributed by atoms with Crippen LogP contribution in [0.5, 0.6) is 5.75 Å². The van der Waals surface area contributed by atoms with Gasteiger partial charge >= 0.3 is 0 Å². The van der Waals surface area contributed by atoms with Crippen molar-refractivity contribution >= 4 is 5.69 Å². The third-order valence-corrected chi connectivity index (χ3v) is 3.43. The molecule has 2 rings (SSSR count). The van der Waals surface area contributed by atoms with E-state index in [9.17, 15) is 0 Å². The van der Waals surface area contributed by atoms with E-state index in [1.807, 2.05) is 18.2 Å². The monoisotopic (exact) mass is 235 g/mol. The topological polar surface area (TPSA) is 30.5 Å². The molecule has 3 heteroatoms. The van der Waals surface area contributed by atoms with Gasteiger partial charge in [0.25, 0.3) is 0 Å². The average Bonchev–Trinajstić information content (AvgIpc) is 2.39. The summed E-state index contributed by atoms with van der Waals surface area (Å²) in [6.07, 6.45) is 5.21. The highest BCUT2D eigenvalue weighted by Gasteiger charge is 2.24. The summed E-state index contributed by atoms with van der Waals surface area (Å²) >= 11 is 0. The number of benzene rings is 1. The van der Waals surface area contributed by atoms with Gasteiger partial charge in [0.2, 0.25) is 0 Å². The Morgan fingerprint density at radius 2 is 2.00 bits per heavy atom. The molecule has 17 heavy (non-hydrogen) atoms. The van der Waals surface area contributed by atoms with Crippen molar-refractivity contribution in [2.45, 2.75) is 37.8 Å². The lowest BCUT2D eigenvalue weighted by Crippen LogP contribution is -2.37. The molecule has 3 nitrogen and oxygen atoms in total. The summed E-state index contributed by atoms with van der Waals surface area (Å²) < 4.78 is 10.8. The summed E-state index contributed by atoms with van der Waals surface area (Å²) in [6, 6.07) is 8.48. The van der Waals surface area contributed by atoms with Gasteiger partial charge in [-0.05, 0) is 25.0 Å². The van der Waals surface area contributed by atoms with Crippen molar-refractivity contribution in [3.63, 3.8) is 0 Å². The second-order valence-corrected chi connectivity index (χ2v) is 4.54. The van der Waals surface area contributed by atoms with E-state index in [0.29, 0.717) is 12.1 Å². The molecule has 1 fully saturated rings. The first-order valence-corrected chi connectivity index (χ1v) is 6.27. The lowest BCUT2D eigenvalue weighted by Gasteiger charge is -2.31. The predicted octanol–water partition coefficient (Wildman–Crippen LogP) is 3.06. The fourth-order valence-corrected chi connectivity index (χ4v) is 2.47. The van der Waals surface area contributed by atoms with Crippen molar-refractivity contribution in [1.29, 1.82) is 0 Å². The highest BCUT2D eigenvalue weighted by molar-refractivity contribution is 5.49. The zero-order valence-electron chi connectivity index (χ0n) is 10.6. The standard InChI is InChI=1S/C14H21NO2/c1-16-12-7-5-6-11(10-12)15-13-8-3-4-9-14(13)17-2/h5-7,10,13-15H,3-4,8-9H2,1-2H3. The molecule has 1 N–H and O–H groups in total. The van der Waals surface area contributed by atoms with E-state index in [1.165, 1.54) is 19.3 Å². The molecule has 2 unspecified atom stereocenters. The molecule has 0 heterocycles. The van der Waals surface area contributed by atoms with Crippen LogP contribution in [0.1, 0.15) is 25.7 Å². The van der Waals surface area contributed by atoms with E-state index in [-0.39, 0.29) is 0 Å². The molecular formula is C14H21NO2. The molecule has 0 radical (unpaired) electrons. The number of nitrogens with one attached hydrogen (secondary N) is 1. The highest BCUT2D eigenvalue weighted by Crippen LogP contribution is 2.25. The van der Waals surface area contributed by atoms with Gasteiger partial charge in [0.05, 0.1) is 19.3 Å². The van der Waals surface area contributed by atoms with Gasteiger partial charge < -0.3 is 14.8 Å². The van der Waals surface area contributed by atoms with Gasteiger partial charge in [0.15, 0.2) is 0 Å². The normalized spacial score (nSPS) is 24.4. The first kappa shape index (κ1) is 12.2.